The van der Waals surface area contributed by atoms with E-state index in [-0.39, 0.29) is 10.0 Å². The Morgan fingerprint density at radius 2 is 1.76 bits per heavy atom. The fourth-order valence-corrected chi connectivity index (χ4v) is 4.47. The Bertz CT molecular complexity index is 1110. The zero-order valence-electron chi connectivity index (χ0n) is 18.3. The molecule has 0 atom stereocenters. The monoisotopic (exact) mass is 555 g/mol. The van der Waals surface area contributed by atoms with Gasteiger partial charge in [0.15, 0.2) is 5.11 Å². The Hall–Kier alpha value is -2.50. The minimum atomic E-state index is -3.92. The average molecular weight is 557 g/mol. The third-order valence-electron chi connectivity index (χ3n) is 4.38. The van der Waals surface area contributed by atoms with E-state index < -0.39 is 21.8 Å². The second-order valence-electron chi connectivity index (χ2n) is 7.15. The molecule has 0 aliphatic rings. The van der Waals surface area contributed by atoms with Gasteiger partial charge in [0.1, 0.15) is 5.75 Å². The highest BCUT2D eigenvalue weighted by Gasteiger charge is 2.15. The number of carbonyl (C=O) groups is 2. The lowest BCUT2D eigenvalue weighted by Gasteiger charge is -2.12. The van der Waals surface area contributed by atoms with Crippen molar-refractivity contribution in [2.75, 3.05) is 11.9 Å². The lowest BCUT2D eigenvalue weighted by Crippen LogP contribution is -2.34. The number of hydrogen-bond donors (Lipinski definition) is 3. The summed E-state index contributed by atoms with van der Waals surface area (Å²) >= 11 is 8.60. The molecule has 0 aromatic heterocycles. The minimum absolute atomic E-state index is 0.0461. The maximum atomic E-state index is 12.5. The van der Waals surface area contributed by atoms with E-state index in [1.54, 1.807) is 18.2 Å². The third-order valence-corrected chi connectivity index (χ3v) is 6.65. The average Bonchev–Trinajstić information content (AvgIpc) is 2.74. The highest BCUT2D eigenvalue weighted by molar-refractivity contribution is 9.10. The van der Waals surface area contributed by atoms with Crippen molar-refractivity contribution in [1.29, 1.82) is 0 Å². The predicted molar refractivity (Wildman–Crippen MR) is 135 cm³/mol. The van der Waals surface area contributed by atoms with E-state index in [0.29, 0.717) is 28.1 Å². The first-order chi connectivity index (χ1) is 15.6. The van der Waals surface area contributed by atoms with Crippen LogP contribution in [0.4, 0.5) is 5.69 Å². The number of carbonyl (C=O) groups excluding carboxylic acids is 2. The van der Waals surface area contributed by atoms with Gasteiger partial charge in [0.2, 0.25) is 5.91 Å². The topological polar surface area (TPSA) is 114 Å². The molecule has 3 N–H and O–H groups in total. The molecule has 178 valence electrons. The van der Waals surface area contributed by atoms with Crippen molar-refractivity contribution in [2.45, 2.75) is 44.4 Å². The van der Waals surface area contributed by atoms with Crippen molar-refractivity contribution >= 4 is 60.8 Å². The number of unbranched alkanes of at least 4 members (excludes halogenated alkanes) is 3. The molecule has 0 bridgehead atoms. The largest absolute Gasteiger partial charge is 0.492 e. The van der Waals surface area contributed by atoms with Crippen LogP contribution in [-0.2, 0) is 14.8 Å². The van der Waals surface area contributed by atoms with Crippen molar-refractivity contribution < 1.29 is 22.7 Å². The Morgan fingerprint density at radius 1 is 1.06 bits per heavy atom. The number of anilines is 1. The number of sulfonamides is 1. The van der Waals surface area contributed by atoms with Gasteiger partial charge in [0.05, 0.1) is 16.0 Å². The molecule has 33 heavy (non-hydrogen) atoms. The van der Waals surface area contributed by atoms with Gasteiger partial charge in [-0.2, -0.15) is 0 Å². The number of amides is 2. The number of rotatable bonds is 10. The van der Waals surface area contributed by atoms with Gasteiger partial charge in [-0.1, -0.05) is 26.2 Å². The Balaban J connectivity index is 1.92. The lowest BCUT2D eigenvalue weighted by atomic mass is 10.2. The molecule has 2 aromatic carbocycles. The first-order valence-corrected chi connectivity index (χ1v) is 13.0. The van der Waals surface area contributed by atoms with Gasteiger partial charge in [-0.3, -0.25) is 14.9 Å². The molecule has 8 nitrogen and oxygen atoms in total. The van der Waals surface area contributed by atoms with E-state index in [1.807, 2.05) is 4.72 Å². The van der Waals surface area contributed by atoms with Gasteiger partial charge >= 0.3 is 0 Å². The van der Waals surface area contributed by atoms with Crippen molar-refractivity contribution in [1.82, 2.24) is 10.0 Å². The maximum absolute atomic E-state index is 12.5. The van der Waals surface area contributed by atoms with E-state index >= 15 is 0 Å². The first kappa shape index (κ1) is 26.7. The van der Waals surface area contributed by atoms with Gasteiger partial charge < -0.3 is 10.1 Å². The number of hydrogen-bond acceptors (Lipinski definition) is 6. The zero-order chi connectivity index (χ0) is 24.4. The normalized spacial score (nSPS) is 10.9. The lowest BCUT2D eigenvalue weighted by molar-refractivity contribution is -0.117. The fraction of sp³-hybridized carbons (Fsp3) is 0.318. The summed E-state index contributed by atoms with van der Waals surface area (Å²) in [5.41, 5.74) is 0.858. The molecular formula is C22H26BrN3O5S2. The highest BCUT2D eigenvalue weighted by atomic mass is 79.9. The van der Waals surface area contributed by atoms with E-state index in [9.17, 15) is 18.0 Å². The van der Waals surface area contributed by atoms with Crippen LogP contribution >= 0.6 is 28.1 Å². The molecule has 0 saturated heterocycles. The van der Waals surface area contributed by atoms with Gasteiger partial charge in [-0.15, -0.1) is 0 Å². The summed E-state index contributed by atoms with van der Waals surface area (Å²) in [6.45, 7) is 3.88. The molecule has 2 amide bonds. The zero-order valence-corrected chi connectivity index (χ0v) is 21.5. The molecule has 0 aliphatic carbocycles. The number of benzene rings is 2. The predicted octanol–water partition coefficient (Wildman–Crippen LogP) is 4.36. The van der Waals surface area contributed by atoms with Crippen LogP contribution in [0.5, 0.6) is 5.75 Å². The van der Waals surface area contributed by atoms with E-state index in [1.165, 1.54) is 30.7 Å². The van der Waals surface area contributed by atoms with Crippen LogP contribution in [0.25, 0.3) is 0 Å². The minimum Gasteiger partial charge on any atom is -0.492 e. The van der Waals surface area contributed by atoms with Crippen molar-refractivity contribution in [3.63, 3.8) is 0 Å². The van der Waals surface area contributed by atoms with Crippen LogP contribution < -0.4 is 20.1 Å². The number of thiocarbonyl (C=S) groups is 1. The Morgan fingerprint density at radius 3 is 2.36 bits per heavy atom. The number of nitrogens with one attached hydrogen (secondary N) is 3. The second-order valence-corrected chi connectivity index (χ2v) is 10.1. The van der Waals surface area contributed by atoms with Gasteiger partial charge in [0, 0.05) is 18.2 Å². The molecule has 0 fully saturated rings. The molecule has 2 rings (SSSR count). The fourth-order valence-electron chi connectivity index (χ4n) is 2.77. The van der Waals surface area contributed by atoms with Crippen LogP contribution in [0.2, 0.25) is 0 Å². The van der Waals surface area contributed by atoms with Crippen LogP contribution in [-0.4, -0.2) is 32.0 Å². The summed E-state index contributed by atoms with van der Waals surface area (Å²) in [7, 11) is -3.92. The van der Waals surface area contributed by atoms with Crippen LogP contribution in [0.15, 0.2) is 51.8 Å². The van der Waals surface area contributed by atoms with Crippen LogP contribution in [0, 0.1) is 0 Å². The van der Waals surface area contributed by atoms with Crippen LogP contribution in [0.1, 0.15) is 49.9 Å². The quantitative estimate of drug-likeness (QED) is 0.294. The summed E-state index contributed by atoms with van der Waals surface area (Å²) in [6.07, 6.45) is 4.43. The molecule has 0 saturated carbocycles. The van der Waals surface area contributed by atoms with Gasteiger partial charge in [-0.25, -0.2) is 13.1 Å². The van der Waals surface area contributed by atoms with Crippen molar-refractivity contribution in [2.24, 2.45) is 0 Å². The Labute approximate surface area is 207 Å². The molecule has 0 heterocycles. The SMILES string of the molecule is CCCCCCOc1ccc(C(=O)NC(=S)Nc2ccc(S(=O)(=O)NC(C)=O)cc2)cc1Br. The van der Waals surface area contributed by atoms with Crippen LogP contribution in [0.3, 0.4) is 0 Å². The Kier molecular flexibility index (Phi) is 10.3. The summed E-state index contributed by atoms with van der Waals surface area (Å²) in [5.74, 6) is -0.426. The molecule has 0 aliphatic heterocycles. The summed E-state index contributed by atoms with van der Waals surface area (Å²) in [5, 5.41) is 5.43. The molecule has 0 unspecified atom stereocenters. The van der Waals surface area contributed by atoms with Gasteiger partial charge in [-0.05, 0) is 77.0 Å². The molecule has 0 radical (unpaired) electrons. The molecular weight excluding hydrogens is 530 g/mol. The standard InChI is InChI=1S/C22H26BrN3O5S2/c1-3-4-5-6-13-31-20-12-7-16(14-19(20)23)21(28)25-22(32)24-17-8-10-18(11-9-17)33(29,30)26-15(2)27/h7-12,14H,3-6,13H2,1-2H3,(H,26,27)(H2,24,25,28,32). The van der Waals surface area contributed by atoms with Crippen molar-refractivity contribution in [3.8, 4) is 5.75 Å². The third kappa shape index (κ3) is 8.75. The van der Waals surface area contributed by atoms with E-state index in [2.05, 4.69) is 33.5 Å². The van der Waals surface area contributed by atoms with E-state index in [4.69, 9.17) is 17.0 Å². The summed E-state index contributed by atoms with van der Waals surface area (Å²) in [4.78, 5) is 23.5. The summed E-state index contributed by atoms with van der Waals surface area (Å²) in [6, 6.07) is 10.6. The smallest absolute Gasteiger partial charge is 0.264 e. The molecule has 0 spiro atoms. The first-order valence-electron chi connectivity index (χ1n) is 10.3. The molecule has 2 aromatic rings. The maximum Gasteiger partial charge on any atom is 0.264 e. The van der Waals surface area contributed by atoms with E-state index in [0.717, 1.165) is 26.2 Å². The molecule has 11 heteroatoms. The number of halogens is 1. The highest BCUT2D eigenvalue weighted by Crippen LogP contribution is 2.26. The number of ether oxygens (including phenoxy) is 1. The second kappa shape index (κ2) is 12.7. The van der Waals surface area contributed by atoms with Crippen molar-refractivity contribution in [3.05, 3.63) is 52.5 Å². The van der Waals surface area contributed by atoms with Gasteiger partial charge in [0.25, 0.3) is 15.9 Å². The summed E-state index contributed by atoms with van der Waals surface area (Å²) < 4.78 is 32.3.